The molecule has 0 aromatic rings. The number of hydrogen-bond donors (Lipinski definition) is 1. The van der Waals surface area contributed by atoms with E-state index in [0.29, 0.717) is 5.41 Å². The normalized spacial score (nSPS) is 39.2. The lowest BCUT2D eigenvalue weighted by molar-refractivity contribution is 0.196. The van der Waals surface area contributed by atoms with Crippen LogP contribution in [0.4, 0.5) is 0 Å². The molecule has 2 atom stereocenters. The molecule has 1 aliphatic heterocycles. The fourth-order valence-electron chi connectivity index (χ4n) is 2.63. The van der Waals surface area contributed by atoms with E-state index < -0.39 is 0 Å². The van der Waals surface area contributed by atoms with Crippen LogP contribution in [0, 0.1) is 5.41 Å². The van der Waals surface area contributed by atoms with Gasteiger partial charge in [0.05, 0.1) is 5.37 Å². The van der Waals surface area contributed by atoms with Crippen LogP contribution in [0.1, 0.15) is 46.0 Å². The molecule has 0 aromatic heterocycles. The standard InChI is InChI=1S/C11H21NS/c1-9-8-12-10(13-9)11(2)6-4-3-5-7-11/h9-10,12H,3-8H2,1-2H3. The zero-order valence-corrected chi connectivity index (χ0v) is 9.62. The molecule has 1 heterocycles. The Bertz CT molecular complexity index is 175. The summed E-state index contributed by atoms with van der Waals surface area (Å²) in [4.78, 5) is 0. The van der Waals surface area contributed by atoms with E-state index in [-0.39, 0.29) is 0 Å². The van der Waals surface area contributed by atoms with Gasteiger partial charge in [-0.2, -0.15) is 0 Å². The van der Waals surface area contributed by atoms with Crippen molar-refractivity contribution in [1.29, 1.82) is 0 Å². The van der Waals surface area contributed by atoms with Gasteiger partial charge in [-0.1, -0.05) is 33.1 Å². The largest absolute Gasteiger partial charge is 0.304 e. The van der Waals surface area contributed by atoms with Crippen molar-refractivity contribution in [1.82, 2.24) is 5.32 Å². The lowest BCUT2D eigenvalue weighted by Gasteiger charge is -2.38. The monoisotopic (exact) mass is 199 g/mol. The van der Waals surface area contributed by atoms with Crippen LogP contribution in [0.15, 0.2) is 0 Å². The van der Waals surface area contributed by atoms with Crippen LogP contribution < -0.4 is 5.32 Å². The Morgan fingerprint density at radius 2 is 1.92 bits per heavy atom. The molecule has 1 aliphatic carbocycles. The topological polar surface area (TPSA) is 12.0 Å². The highest BCUT2D eigenvalue weighted by Gasteiger charge is 2.39. The van der Waals surface area contributed by atoms with Gasteiger partial charge >= 0.3 is 0 Å². The summed E-state index contributed by atoms with van der Waals surface area (Å²) in [5.74, 6) is 0. The van der Waals surface area contributed by atoms with Gasteiger partial charge in [0.1, 0.15) is 0 Å². The predicted octanol–water partition coefficient (Wildman–Crippen LogP) is 3.01. The third-order valence-corrected chi connectivity index (χ3v) is 5.23. The minimum atomic E-state index is 0.591. The van der Waals surface area contributed by atoms with E-state index in [2.05, 4.69) is 30.9 Å². The van der Waals surface area contributed by atoms with Crippen LogP contribution >= 0.6 is 11.8 Å². The summed E-state index contributed by atoms with van der Waals surface area (Å²) in [6.45, 7) is 6.03. The first-order chi connectivity index (χ1) is 6.21. The number of hydrogen-bond acceptors (Lipinski definition) is 2. The van der Waals surface area contributed by atoms with Crippen molar-refractivity contribution in [2.45, 2.75) is 56.6 Å². The maximum Gasteiger partial charge on any atom is 0.0590 e. The molecule has 0 bridgehead atoms. The van der Waals surface area contributed by atoms with Crippen molar-refractivity contribution in [2.24, 2.45) is 5.41 Å². The highest BCUT2D eigenvalue weighted by atomic mass is 32.2. The Labute approximate surface area is 86.0 Å². The zero-order valence-electron chi connectivity index (χ0n) is 8.81. The molecule has 0 spiro atoms. The first kappa shape index (κ1) is 9.85. The first-order valence-electron chi connectivity index (χ1n) is 5.60. The van der Waals surface area contributed by atoms with E-state index in [1.165, 1.54) is 38.6 Å². The SMILES string of the molecule is CC1CNC(C2(C)CCCCC2)S1. The van der Waals surface area contributed by atoms with Crippen LogP contribution in [0.5, 0.6) is 0 Å². The van der Waals surface area contributed by atoms with Gasteiger partial charge in [0.2, 0.25) is 0 Å². The number of nitrogens with one attached hydrogen (secondary N) is 1. The van der Waals surface area contributed by atoms with Crippen LogP contribution in [0.3, 0.4) is 0 Å². The van der Waals surface area contributed by atoms with Gasteiger partial charge in [-0.25, -0.2) is 0 Å². The number of thioether (sulfide) groups is 1. The van der Waals surface area contributed by atoms with Crippen LogP contribution in [-0.2, 0) is 0 Å². The molecule has 0 amide bonds. The molecule has 76 valence electrons. The zero-order chi connectivity index (χ0) is 9.31. The molecule has 2 fully saturated rings. The average molecular weight is 199 g/mol. The van der Waals surface area contributed by atoms with E-state index in [1.54, 1.807) is 0 Å². The van der Waals surface area contributed by atoms with Crippen molar-refractivity contribution < 1.29 is 0 Å². The van der Waals surface area contributed by atoms with Gasteiger partial charge in [-0.05, 0) is 18.3 Å². The lowest BCUT2D eigenvalue weighted by atomic mass is 9.75. The molecule has 1 nitrogen and oxygen atoms in total. The average Bonchev–Trinajstić information content (AvgIpc) is 2.54. The molecule has 1 N–H and O–H groups in total. The van der Waals surface area contributed by atoms with E-state index >= 15 is 0 Å². The second kappa shape index (κ2) is 3.82. The Morgan fingerprint density at radius 3 is 2.46 bits per heavy atom. The summed E-state index contributed by atoms with van der Waals surface area (Å²) in [7, 11) is 0. The molecule has 1 saturated heterocycles. The minimum Gasteiger partial charge on any atom is -0.304 e. The molecule has 2 aliphatic rings. The maximum absolute atomic E-state index is 3.68. The van der Waals surface area contributed by atoms with E-state index in [4.69, 9.17) is 0 Å². The molecular weight excluding hydrogens is 178 g/mol. The van der Waals surface area contributed by atoms with Crippen LogP contribution in [0.25, 0.3) is 0 Å². The summed E-state index contributed by atoms with van der Waals surface area (Å²) in [5, 5.41) is 5.24. The Hall–Kier alpha value is 0.310. The Balaban J connectivity index is 1.97. The second-order valence-corrected chi connectivity index (χ2v) is 6.50. The lowest BCUT2D eigenvalue weighted by Crippen LogP contribution is -2.39. The molecule has 2 heteroatoms. The molecule has 13 heavy (non-hydrogen) atoms. The number of rotatable bonds is 1. The summed E-state index contributed by atoms with van der Waals surface area (Å²) in [6, 6.07) is 0. The fraction of sp³-hybridized carbons (Fsp3) is 1.00. The van der Waals surface area contributed by atoms with E-state index in [0.717, 1.165) is 10.6 Å². The van der Waals surface area contributed by atoms with E-state index in [1.807, 2.05) is 0 Å². The molecular formula is C11H21NS. The smallest absolute Gasteiger partial charge is 0.0590 e. The maximum atomic E-state index is 3.68. The van der Waals surface area contributed by atoms with Gasteiger partial charge in [0, 0.05) is 11.8 Å². The molecule has 1 saturated carbocycles. The molecule has 0 radical (unpaired) electrons. The Morgan fingerprint density at radius 1 is 1.23 bits per heavy atom. The quantitative estimate of drug-likeness (QED) is 0.697. The van der Waals surface area contributed by atoms with Crippen molar-refractivity contribution in [3.8, 4) is 0 Å². The van der Waals surface area contributed by atoms with Crippen molar-refractivity contribution in [3.05, 3.63) is 0 Å². The highest BCUT2D eigenvalue weighted by Crippen LogP contribution is 2.45. The highest BCUT2D eigenvalue weighted by molar-refractivity contribution is 8.00. The Kier molecular flexibility index (Phi) is 2.89. The van der Waals surface area contributed by atoms with Gasteiger partial charge < -0.3 is 5.32 Å². The van der Waals surface area contributed by atoms with Crippen molar-refractivity contribution in [2.75, 3.05) is 6.54 Å². The van der Waals surface area contributed by atoms with Gasteiger partial charge in [-0.3, -0.25) is 0 Å². The molecule has 2 unspecified atom stereocenters. The van der Waals surface area contributed by atoms with Gasteiger partial charge in [0.25, 0.3) is 0 Å². The summed E-state index contributed by atoms with van der Waals surface area (Å²) in [6.07, 6.45) is 7.23. The third-order valence-electron chi connectivity index (χ3n) is 3.59. The summed E-state index contributed by atoms with van der Waals surface area (Å²) >= 11 is 2.16. The summed E-state index contributed by atoms with van der Waals surface area (Å²) in [5.41, 5.74) is 0.591. The van der Waals surface area contributed by atoms with Crippen molar-refractivity contribution in [3.63, 3.8) is 0 Å². The van der Waals surface area contributed by atoms with Gasteiger partial charge in [-0.15, -0.1) is 11.8 Å². The third kappa shape index (κ3) is 2.04. The first-order valence-corrected chi connectivity index (χ1v) is 6.54. The van der Waals surface area contributed by atoms with E-state index in [9.17, 15) is 0 Å². The van der Waals surface area contributed by atoms with Crippen molar-refractivity contribution >= 4 is 11.8 Å². The second-order valence-electron chi connectivity index (χ2n) is 4.95. The van der Waals surface area contributed by atoms with Crippen LogP contribution in [-0.4, -0.2) is 17.2 Å². The fourth-order valence-corrected chi connectivity index (χ4v) is 4.05. The van der Waals surface area contributed by atoms with Crippen LogP contribution in [0.2, 0.25) is 0 Å². The predicted molar refractivity (Wildman–Crippen MR) is 60.0 cm³/mol. The summed E-state index contributed by atoms with van der Waals surface area (Å²) < 4.78 is 0. The van der Waals surface area contributed by atoms with Gasteiger partial charge in [0.15, 0.2) is 0 Å². The molecule has 2 rings (SSSR count). The molecule has 0 aromatic carbocycles. The minimum absolute atomic E-state index is 0.591.